The minimum Gasteiger partial charge on any atom is -0.506 e. The van der Waals surface area contributed by atoms with E-state index in [4.69, 9.17) is 9.47 Å². The topological polar surface area (TPSA) is 48.4 Å². The highest BCUT2D eigenvalue weighted by Crippen LogP contribution is 2.58. The number of allylic oxidation sites excluding steroid dienone is 10. The van der Waals surface area contributed by atoms with E-state index >= 15 is 0 Å². The van der Waals surface area contributed by atoms with E-state index in [1.165, 1.54) is 51.8 Å². The van der Waals surface area contributed by atoms with Crippen molar-refractivity contribution < 1.29 is 14.6 Å². The predicted molar refractivity (Wildman–Crippen MR) is 306 cm³/mol. The molecule has 2 aliphatic heterocycles. The molecular weight excluding hydrogens is 919 g/mol. The van der Waals surface area contributed by atoms with Crippen LogP contribution in [-0.4, -0.2) is 11.2 Å². The number of phenolic OH excluding ortho intramolecular Hbond substituents is 1. The van der Waals surface area contributed by atoms with Gasteiger partial charge in [-0.1, -0.05) is 149 Å². The molecule has 0 amide bonds. The Bertz CT molecular complexity index is 3700. The van der Waals surface area contributed by atoms with Crippen LogP contribution in [0.3, 0.4) is 0 Å². The maximum absolute atomic E-state index is 12.2. The molecule has 0 fully saturated rings. The first kappa shape index (κ1) is 45.6. The summed E-state index contributed by atoms with van der Waals surface area (Å²) in [6.45, 7) is 14.0. The number of anilines is 6. The molecular formula is C69H63N3O3. The van der Waals surface area contributed by atoms with Gasteiger partial charge in [-0.05, 0) is 150 Å². The monoisotopic (exact) mass is 981 g/mol. The number of ether oxygens (including phenoxy) is 2. The van der Waals surface area contributed by atoms with E-state index in [9.17, 15) is 5.11 Å². The van der Waals surface area contributed by atoms with Gasteiger partial charge >= 0.3 is 0 Å². The summed E-state index contributed by atoms with van der Waals surface area (Å²) in [5.41, 5.74) is 22.1. The Labute approximate surface area is 441 Å². The third-order valence-corrected chi connectivity index (χ3v) is 17.7. The predicted octanol–water partition coefficient (Wildman–Crippen LogP) is 17.6. The fraction of sp³-hybridized carbons (Fsp3) is 0.246. The molecule has 6 aromatic rings. The Hall–Kier alpha value is -7.96. The van der Waals surface area contributed by atoms with Crippen molar-refractivity contribution in [3.05, 3.63) is 249 Å². The average molecular weight is 982 g/mol. The van der Waals surface area contributed by atoms with E-state index in [1.807, 2.05) is 18.2 Å². The van der Waals surface area contributed by atoms with Crippen molar-refractivity contribution in [2.45, 2.75) is 109 Å². The molecule has 0 saturated heterocycles. The first-order chi connectivity index (χ1) is 36.4. The first-order valence-corrected chi connectivity index (χ1v) is 27.2. The van der Waals surface area contributed by atoms with Crippen LogP contribution in [0.4, 0.5) is 34.1 Å². The number of benzene rings is 6. The minimum absolute atomic E-state index is 0.0447. The Balaban J connectivity index is 1.05. The van der Waals surface area contributed by atoms with Crippen molar-refractivity contribution in [3.63, 3.8) is 0 Å². The molecule has 2 heterocycles. The lowest BCUT2D eigenvalue weighted by atomic mass is 9.77. The van der Waals surface area contributed by atoms with Crippen LogP contribution in [-0.2, 0) is 15.6 Å². The summed E-state index contributed by atoms with van der Waals surface area (Å²) < 4.78 is 14.1. The molecule has 3 atom stereocenters. The van der Waals surface area contributed by atoms with Crippen molar-refractivity contribution in [2.24, 2.45) is 0 Å². The fourth-order valence-corrected chi connectivity index (χ4v) is 14.0. The number of hydrogen-bond donors (Lipinski definition) is 1. The maximum Gasteiger partial charge on any atom is 0.151 e. The number of fused-ring (bicyclic) bond motifs is 8. The second-order valence-electron chi connectivity index (χ2n) is 22.9. The third-order valence-electron chi connectivity index (χ3n) is 17.7. The summed E-state index contributed by atoms with van der Waals surface area (Å²) >= 11 is 0. The van der Waals surface area contributed by atoms with Crippen LogP contribution in [0.1, 0.15) is 124 Å². The highest BCUT2D eigenvalue weighted by molar-refractivity contribution is 5.92. The summed E-state index contributed by atoms with van der Waals surface area (Å²) in [6, 6.07) is 45.9. The van der Waals surface area contributed by atoms with E-state index in [2.05, 4.69) is 214 Å². The summed E-state index contributed by atoms with van der Waals surface area (Å²) in [5.74, 6) is 3.24. The molecule has 6 nitrogen and oxygen atoms in total. The van der Waals surface area contributed by atoms with Crippen LogP contribution in [0.2, 0.25) is 0 Å². The summed E-state index contributed by atoms with van der Waals surface area (Å²) in [7, 11) is 0. The largest absolute Gasteiger partial charge is 0.506 e. The number of para-hydroxylation sites is 4. The molecule has 0 aromatic heterocycles. The number of rotatable bonds is 5. The Morgan fingerprint density at radius 3 is 2.35 bits per heavy atom. The van der Waals surface area contributed by atoms with Crippen LogP contribution in [0, 0.1) is 6.92 Å². The second kappa shape index (κ2) is 17.0. The molecule has 6 heteroatoms. The van der Waals surface area contributed by atoms with Gasteiger partial charge in [0.1, 0.15) is 17.6 Å². The quantitative estimate of drug-likeness (QED) is 0.186. The molecule has 372 valence electrons. The van der Waals surface area contributed by atoms with E-state index in [1.54, 1.807) is 5.57 Å². The van der Waals surface area contributed by atoms with E-state index in [0.717, 1.165) is 99.6 Å². The van der Waals surface area contributed by atoms with Gasteiger partial charge in [0.05, 0.1) is 39.8 Å². The highest BCUT2D eigenvalue weighted by Gasteiger charge is 2.44. The van der Waals surface area contributed by atoms with Gasteiger partial charge in [0, 0.05) is 46.9 Å². The molecule has 1 N–H and O–H groups in total. The molecule has 6 aliphatic carbocycles. The van der Waals surface area contributed by atoms with Crippen molar-refractivity contribution in [1.29, 1.82) is 0 Å². The lowest BCUT2D eigenvalue weighted by Crippen LogP contribution is -2.39. The van der Waals surface area contributed by atoms with Crippen LogP contribution in [0.15, 0.2) is 210 Å². The van der Waals surface area contributed by atoms with E-state index in [-0.39, 0.29) is 28.6 Å². The summed E-state index contributed by atoms with van der Waals surface area (Å²) in [6.07, 6.45) is 24.0. The lowest BCUT2D eigenvalue weighted by Gasteiger charge is -2.44. The summed E-state index contributed by atoms with van der Waals surface area (Å²) in [4.78, 5) is 7.24. The number of nitrogens with zero attached hydrogens (tertiary/aromatic N) is 3. The maximum atomic E-state index is 12.2. The number of aryl methyl sites for hydroxylation is 1. The molecule has 14 rings (SSSR count). The van der Waals surface area contributed by atoms with Gasteiger partial charge in [-0.3, -0.25) is 0 Å². The van der Waals surface area contributed by atoms with Crippen molar-refractivity contribution in [3.8, 4) is 11.5 Å². The fourth-order valence-electron chi connectivity index (χ4n) is 14.0. The molecule has 0 radical (unpaired) electrons. The van der Waals surface area contributed by atoms with Gasteiger partial charge in [-0.15, -0.1) is 0 Å². The van der Waals surface area contributed by atoms with Gasteiger partial charge in [-0.2, -0.15) is 0 Å². The van der Waals surface area contributed by atoms with Gasteiger partial charge in [0.2, 0.25) is 0 Å². The standard InChI is InChI=1S/C69H63N3O3/c1-42-35-56-53(50-22-10-12-24-55(50)69(56,5)6)40-61(42)70(57-25-13-16-28-63(57)73)45-36-46(71-58-26-14-17-29-64(58)74-66-33-34-68(3,4)54-23-11-7-19-44(54)31-32-60(66)71)38-47(37-45)72-59-27-15-18-30-65(59)75-67-41-51-43(2)48-20-8-9-21-49(48)52(51)39-62(67)72/h7-9,11,13-21,23,25-29,31-38,40-41,43,52,65,73H,10,12,22,24,30,39H2,1-6H3/b32-31+,34-33?. The first-order valence-electron chi connectivity index (χ1n) is 27.2. The number of hydrogen-bond acceptors (Lipinski definition) is 6. The third kappa shape index (κ3) is 7.12. The minimum atomic E-state index is -0.274. The molecule has 0 spiro atoms. The van der Waals surface area contributed by atoms with E-state index < -0.39 is 0 Å². The van der Waals surface area contributed by atoms with Gasteiger partial charge < -0.3 is 29.3 Å². The SMILES string of the molecule is Cc1cc2c(cc1N(c1cc(N3C4=CC=CCC4OC4=C3CC3C(=C4)C(C)c4ccccc43)cc(N3C4=C(C=CC(C)(C)c5ccccc5/C=C/4)Oc4ccccc43)c1)c1ccccc1O)C1=C(CCCC1)C2(C)C. The highest BCUT2D eigenvalue weighted by atomic mass is 16.5. The van der Waals surface area contributed by atoms with Crippen LogP contribution >= 0.6 is 0 Å². The molecule has 8 aliphatic rings. The van der Waals surface area contributed by atoms with Crippen molar-refractivity contribution >= 4 is 45.8 Å². The van der Waals surface area contributed by atoms with Crippen LogP contribution < -0.4 is 19.4 Å². The Morgan fingerprint density at radius 1 is 0.720 bits per heavy atom. The van der Waals surface area contributed by atoms with Gasteiger partial charge in [-0.25, -0.2) is 0 Å². The molecule has 3 unspecified atom stereocenters. The summed E-state index contributed by atoms with van der Waals surface area (Å²) in [5, 5.41) is 12.2. The smallest absolute Gasteiger partial charge is 0.151 e. The number of aromatic hydroxyl groups is 1. The zero-order valence-corrected chi connectivity index (χ0v) is 43.8. The zero-order chi connectivity index (χ0) is 50.9. The zero-order valence-electron chi connectivity index (χ0n) is 43.8. The number of phenols is 1. The lowest BCUT2D eigenvalue weighted by molar-refractivity contribution is 0.137. The van der Waals surface area contributed by atoms with Gasteiger partial charge in [0.25, 0.3) is 0 Å². The van der Waals surface area contributed by atoms with Crippen LogP contribution in [0.5, 0.6) is 11.5 Å². The molecule has 0 saturated carbocycles. The van der Waals surface area contributed by atoms with Crippen molar-refractivity contribution in [1.82, 2.24) is 0 Å². The van der Waals surface area contributed by atoms with Crippen molar-refractivity contribution in [2.75, 3.05) is 14.7 Å². The Kier molecular flexibility index (Phi) is 10.4. The molecule has 6 aromatic carbocycles. The molecule has 75 heavy (non-hydrogen) atoms. The van der Waals surface area contributed by atoms with Crippen LogP contribution in [0.25, 0.3) is 11.6 Å². The average Bonchev–Trinajstić information content (AvgIpc) is 3.85. The molecule has 0 bridgehead atoms. The second-order valence-corrected chi connectivity index (χ2v) is 22.9. The normalized spacial score (nSPS) is 22.5. The van der Waals surface area contributed by atoms with E-state index in [0.29, 0.717) is 11.6 Å². The van der Waals surface area contributed by atoms with Gasteiger partial charge in [0.15, 0.2) is 11.5 Å². The Morgan fingerprint density at radius 2 is 1.48 bits per heavy atom.